The molecule has 4 rings (SSSR count). The van der Waals surface area contributed by atoms with Crippen molar-refractivity contribution >= 4 is 5.91 Å². The number of hydrogen-bond donors (Lipinski definition) is 0. The summed E-state index contributed by atoms with van der Waals surface area (Å²) in [5.41, 5.74) is 1.79. The number of carbonyl (C=O) groups excluding carboxylic acids is 1. The molecule has 1 aliphatic heterocycles. The fourth-order valence-electron chi connectivity index (χ4n) is 3.37. The van der Waals surface area contributed by atoms with Gasteiger partial charge in [0.1, 0.15) is 19.0 Å². The highest BCUT2D eigenvalue weighted by Gasteiger charge is 2.26. The molecule has 1 aromatic heterocycles. The SMILES string of the molecule is Cn1ccc(=O)c(OCc2ccccc2)c1C(=O)N1CCOc2ccccc2C1. The maximum absolute atomic E-state index is 13.4. The molecule has 0 fully saturated rings. The van der Waals surface area contributed by atoms with Crippen molar-refractivity contribution in [1.82, 2.24) is 9.47 Å². The number of aromatic nitrogens is 1. The van der Waals surface area contributed by atoms with E-state index in [2.05, 4.69) is 0 Å². The zero-order valence-corrected chi connectivity index (χ0v) is 16.2. The molecule has 0 aliphatic carbocycles. The Kier molecular flexibility index (Phi) is 5.33. The van der Waals surface area contributed by atoms with Gasteiger partial charge in [-0.2, -0.15) is 0 Å². The number of ether oxygens (including phenoxy) is 2. The molecule has 0 saturated heterocycles. The number of hydrogen-bond acceptors (Lipinski definition) is 4. The summed E-state index contributed by atoms with van der Waals surface area (Å²) in [6.07, 6.45) is 1.59. The fourth-order valence-corrected chi connectivity index (χ4v) is 3.37. The number of amides is 1. The third-order valence-electron chi connectivity index (χ3n) is 4.91. The highest BCUT2D eigenvalue weighted by atomic mass is 16.5. The first-order valence-electron chi connectivity index (χ1n) is 9.50. The maximum Gasteiger partial charge on any atom is 0.274 e. The van der Waals surface area contributed by atoms with Gasteiger partial charge in [0.25, 0.3) is 5.91 Å². The standard InChI is InChI=1S/C23H22N2O4/c1-24-12-11-19(26)22(29-16-17-7-3-2-4-8-17)21(24)23(27)25-13-14-28-20-10-6-5-9-18(20)15-25/h2-12H,13-16H2,1H3. The van der Waals surface area contributed by atoms with Gasteiger partial charge in [-0.1, -0.05) is 48.5 Å². The topological polar surface area (TPSA) is 60.8 Å². The van der Waals surface area contributed by atoms with E-state index in [0.717, 1.165) is 16.9 Å². The molecule has 6 nitrogen and oxygen atoms in total. The maximum atomic E-state index is 13.4. The van der Waals surface area contributed by atoms with Gasteiger partial charge in [0.05, 0.1) is 6.54 Å². The first kappa shape index (κ1) is 18.8. The Hall–Kier alpha value is -3.54. The van der Waals surface area contributed by atoms with Gasteiger partial charge in [-0.3, -0.25) is 9.59 Å². The van der Waals surface area contributed by atoms with Crippen LogP contribution in [-0.2, 0) is 20.2 Å². The lowest BCUT2D eigenvalue weighted by Crippen LogP contribution is -2.35. The minimum atomic E-state index is -0.311. The molecule has 2 aromatic carbocycles. The number of benzene rings is 2. The van der Waals surface area contributed by atoms with E-state index in [1.807, 2.05) is 54.6 Å². The van der Waals surface area contributed by atoms with Gasteiger partial charge < -0.3 is 18.9 Å². The molecular formula is C23H22N2O4. The fraction of sp³-hybridized carbons (Fsp3) is 0.217. The molecule has 0 unspecified atom stereocenters. The Morgan fingerprint density at radius 3 is 2.66 bits per heavy atom. The predicted molar refractivity (Wildman–Crippen MR) is 109 cm³/mol. The van der Waals surface area contributed by atoms with Gasteiger partial charge in [-0.25, -0.2) is 0 Å². The van der Waals surface area contributed by atoms with Gasteiger partial charge in [-0.05, 0) is 11.6 Å². The van der Waals surface area contributed by atoms with Crippen molar-refractivity contribution in [3.05, 3.63) is 93.9 Å². The monoisotopic (exact) mass is 390 g/mol. The summed E-state index contributed by atoms with van der Waals surface area (Å²) in [5.74, 6) is 0.598. The van der Waals surface area contributed by atoms with Crippen LogP contribution in [-0.4, -0.2) is 28.5 Å². The zero-order chi connectivity index (χ0) is 20.2. The average molecular weight is 390 g/mol. The molecule has 0 atom stereocenters. The summed E-state index contributed by atoms with van der Waals surface area (Å²) >= 11 is 0. The number of para-hydroxylation sites is 1. The number of pyridine rings is 1. The van der Waals surface area contributed by atoms with E-state index in [-0.39, 0.29) is 29.4 Å². The first-order valence-corrected chi connectivity index (χ1v) is 9.50. The van der Waals surface area contributed by atoms with E-state index in [4.69, 9.17) is 9.47 Å². The van der Waals surface area contributed by atoms with Crippen LogP contribution in [0.4, 0.5) is 0 Å². The molecule has 29 heavy (non-hydrogen) atoms. The molecule has 0 N–H and O–H groups in total. The van der Waals surface area contributed by atoms with E-state index in [9.17, 15) is 9.59 Å². The minimum Gasteiger partial charge on any atom is -0.491 e. The Labute approximate surface area is 168 Å². The highest BCUT2D eigenvalue weighted by molar-refractivity contribution is 5.95. The van der Waals surface area contributed by atoms with Crippen molar-refractivity contribution in [2.75, 3.05) is 13.2 Å². The highest BCUT2D eigenvalue weighted by Crippen LogP contribution is 2.25. The summed E-state index contributed by atoms with van der Waals surface area (Å²) < 4.78 is 13.2. The second-order valence-corrected chi connectivity index (χ2v) is 6.93. The third-order valence-corrected chi connectivity index (χ3v) is 4.91. The Morgan fingerprint density at radius 2 is 1.83 bits per heavy atom. The van der Waals surface area contributed by atoms with Crippen molar-refractivity contribution in [3.63, 3.8) is 0 Å². The van der Waals surface area contributed by atoms with Gasteiger partial charge in [0.2, 0.25) is 5.43 Å². The van der Waals surface area contributed by atoms with Gasteiger partial charge in [0.15, 0.2) is 11.4 Å². The third kappa shape index (κ3) is 4.01. The van der Waals surface area contributed by atoms with Crippen LogP contribution in [0.1, 0.15) is 21.6 Å². The van der Waals surface area contributed by atoms with Crippen molar-refractivity contribution in [1.29, 1.82) is 0 Å². The first-order chi connectivity index (χ1) is 14.1. The van der Waals surface area contributed by atoms with Crippen LogP contribution >= 0.6 is 0 Å². The molecule has 1 aliphatic rings. The van der Waals surface area contributed by atoms with Gasteiger partial charge >= 0.3 is 0 Å². The number of nitrogens with zero attached hydrogens (tertiary/aromatic N) is 2. The van der Waals surface area contributed by atoms with Crippen LogP contribution in [0.5, 0.6) is 11.5 Å². The normalized spacial score (nSPS) is 13.2. The van der Waals surface area contributed by atoms with E-state index >= 15 is 0 Å². The largest absolute Gasteiger partial charge is 0.491 e. The van der Waals surface area contributed by atoms with Crippen LogP contribution < -0.4 is 14.9 Å². The second kappa shape index (κ2) is 8.22. The summed E-state index contributed by atoms with van der Waals surface area (Å²) in [4.78, 5) is 27.6. The van der Waals surface area contributed by atoms with Crippen molar-refractivity contribution < 1.29 is 14.3 Å². The predicted octanol–water partition coefficient (Wildman–Crippen LogP) is 3.00. The van der Waals surface area contributed by atoms with Crippen LogP contribution in [0.3, 0.4) is 0 Å². The lowest BCUT2D eigenvalue weighted by molar-refractivity contribution is 0.0716. The average Bonchev–Trinajstić information content (AvgIpc) is 2.97. The number of aryl methyl sites for hydroxylation is 1. The zero-order valence-electron chi connectivity index (χ0n) is 16.2. The van der Waals surface area contributed by atoms with Crippen molar-refractivity contribution in [2.45, 2.75) is 13.2 Å². The Morgan fingerprint density at radius 1 is 1.07 bits per heavy atom. The van der Waals surface area contributed by atoms with Gasteiger partial charge in [-0.15, -0.1) is 0 Å². The molecule has 6 heteroatoms. The summed E-state index contributed by atoms with van der Waals surface area (Å²) in [6, 6.07) is 18.6. The van der Waals surface area contributed by atoms with Crippen LogP contribution in [0.25, 0.3) is 0 Å². The van der Waals surface area contributed by atoms with Crippen LogP contribution in [0, 0.1) is 0 Å². The Bertz CT molecular complexity index is 1080. The molecule has 2 heterocycles. The molecule has 0 spiro atoms. The quantitative estimate of drug-likeness (QED) is 0.687. The summed E-state index contributed by atoms with van der Waals surface area (Å²) in [6.45, 7) is 1.45. The van der Waals surface area contributed by atoms with E-state index in [1.165, 1.54) is 6.07 Å². The summed E-state index contributed by atoms with van der Waals surface area (Å²) in [5, 5.41) is 0. The van der Waals surface area contributed by atoms with E-state index < -0.39 is 0 Å². The molecule has 0 bridgehead atoms. The lowest BCUT2D eigenvalue weighted by atomic mass is 10.2. The molecule has 148 valence electrons. The second-order valence-electron chi connectivity index (χ2n) is 6.93. The molecule has 0 saturated carbocycles. The van der Waals surface area contributed by atoms with Crippen molar-refractivity contribution in [2.24, 2.45) is 7.05 Å². The van der Waals surface area contributed by atoms with E-state index in [1.54, 1.807) is 22.7 Å². The molecule has 0 radical (unpaired) electrons. The van der Waals surface area contributed by atoms with E-state index in [0.29, 0.717) is 19.7 Å². The molecule has 1 amide bonds. The smallest absolute Gasteiger partial charge is 0.274 e. The Balaban J connectivity index is 1.64. The molecule has 3 aromatic rings. The lowest BCUT2D eigenvalue weighted by Gasteiger charge is -2.22. The number of fused-ring (bicyclic) bond motifs is 1. The minimum absolute atomic E-state index is 0.0716. The summed E-state index contributed by atoms with van der Waals surface area (Å²) in [7, 11) is 1.74. The van der Waals surface area contributed by atoms with Crippen molar-refractivity contribution in [3.8, 4) is 11.5 Å². The number of carbonyl (C=O) groups is 1. The van der Waals surface area contributed by atoms with Crippen LogP contribution in [0.15, 0.2) is 71.7 Å². The van der Waals surface area contributed by atoms with Gasteiger partial charge in [0, 0.05) is 31.4 Å². The number of rotatable bonds is 4. The molecular weight excluding hydrogens is 368 g/mol. The van der Waals surface area contributed by atoms with Crippen LogP contribution in [0.2, 0.25) is 0 Å².